The molecule has 0 amide bonds. The van der Waals surface area contributed by atoms with E-state index in [0.717, 1.165) is 58.7 Å². The molecular formula is C32H37IN2O2. The predicted octanol–water partition coefficient (Wildman–Crippen LogP) is 6.43. The van der Waals surface area contributed by atoms with E-state index in [1.54, 1.807) is 0 Å². The van der Waals surface area contributed by atoms with Crippen LogP contribution in [0.25, 0.3) is 0 Å². The number of hydrogen-bond acceptors (Lipinski definition) is 4. The van der Waals surface area contributed by atoms with Crippen LogP contribution < -0.4 is 0 Å². The number of nitrogens with zero attached hydrogens (tertiary/aromatic N) is 2. The molecule has 1 saturated carbocycles. The van der Waals surface area contributed by atoms with E-state index < -0.39 is 0 Å². The van der Waals surface area contributed by atoms with Crippen molar-refractivity contribution in [2.75, 3.05) is 19.8 Å². The second-order valence-electron chi connectivity index (χ2n) is 11.0. The fourth-order valence-corrected chi connectivity index (χ4v) is 8.36. The van der Waals surface area contributed by atoms with Crippen LogP contribution in [0.4, 0.5) is 0 Å². The van der Waals surface area contributed by atoms with Crippen molar-refractivity contribution < 1.29 is 9.47 Å². The summed E-state index contributed by atoms with van der Waals surface area (Å²) >= 11 is 2.73. The van der Waals surface area contributed by atoms with Gasteiger partial charge >= 0.3 is 0 Å². The molecule has 2 heterocycles. The Balaban J connectivity index is 1.30. The van der Waals surface area contributed by atoms with Gasteiger partial charge < -0.3 is 9.47 Å². The summed E-state index contributed by atoms with van der Waals surface area (Å²) in [7, 11) is 0. The topological polar surface area (TPSA) is 24.9 Å². The van der Waals surface area contributed by atoms with E-state index >= 15 is 0 Å². The number of likely N-dealkylation sites (tertiary alicyclic amines) is 1. The molecule has 5 heteroatoms. The summed E-state index contributed by atoms with van der Waals surface area (Å²) in [6, 6.07) is 33.5. The van der Waals surface area contributed by atoms with Crippen molar-refractivity contribution >= 4 is 22.6 Å². The third kappa shape index (κ3) is 5.52. The van der Waals surface area contributed by atoms with Crippen molar-refractivity contribution in [1.82, 2.24) is 9.80 Å². The standard InChI is InChI=1S/C32H37IN2O2/c33-30-21-32(36-18-19-37-32)17-16-31(30)20-29(25-35(31)24-28-14-8-3-9-15-28)34(22-26-10-4-1-5-11-26)23-27-12-6-2-7-13-27/h1-15,29-30H,16-25H2/t29?,30-,31+/m0/s1. The molecule has 0 aromatic heterocycles. The Kier molecular flexibility index (Phi) is 7.68. The molecule has 0 radical (unpaired) electrons. The van der Waals surface area contributed by atoms with Gasteiger partial charge in [-0.15, -0.1) is 0 Å². The minimum atomic E-state index is -0.360. The van der Waals surface area contributed by atoms with Gasteiger partial charge in [0.15, 0.2) is 5.79 Å². The van der Waals surface area contributed by atoms with Crippen molar-refractivity contribution in [3.63, 3.8) is 0 Å². The van der Waals surface area contributed by atoms with Crippen molar-refractivity contribution in [2.24, 2.45) is 0 Å². The molecule has 194 valence electrons. The first-order valence-corrected chi connectivity index (χ1v) is 14.9. The zero-order chi connectivity index (χ0) is 25.1. The lowest BCUT2D eigenvalue weighted by molar-refractivity contribution is -0.188. The van der Waals surface area contributed by atoms with Crippen LogP contribution in [0.2, 0.25) is 0 Å². The maximum atomic E-state index is 6.18. The molecule has 0 N–H and O–H groups in total. The summed E-state index contributed by atoms with van der Waals surface area (Å²) in [5.41, 5.74) is 4.32. The second-order valence-corrected chi connectivity index (χ2v) is 12.5. The lowest BCUT2D eigenvalue weighted by Crippen LogP contribution is -2.57. The highest BCUT2D eigenvalue weighted by molar-refractivity contribution is 14.1. The van der Waals surface area contributed by atoms with Crippen LogP contribution in [0, 0.1) is 0 Å². The number of ether oxygens (including phenoxy) is 2. The molecule has 1 unspecified atom stereocenters. The third-order valence-electron chi connectivity index (χ3n) is 8.67. The minimum absolute atomic E-state index is 0.146. The quantitative estimate of drug-likeness (QED) is 0.228. The van der Waals surface area contributed by atoms with Crippen LogP contribution in [-0.2, 0) is 29.1 Å². The van der Waals surface area contributed by atoms with Gasteiger partial charge in [-0.05, 0) is 29.5 Å². The third-order valence-corrected chi connectivity index (χ3v) is 10.3. The van der Waals surface area contributed by atoms with Gasteiger partial charge in [0.1, 0.15) is 0 Å². The molecule has 6 rings (SSSR count). The summed E-state index contributed by atoms with van der Waals surface area (Å²) in [4.78, 5) is 5.54. The van der Waals surface area contributed by atoms with Gasteiger partial charge in [-0.25, -0.2) is 0 Å². The van der Waals surface area contributed by atoms with Gasteiger partial charge in [0.2, 0.25) is 0 Å². The number of halogens is 1. The first-order chi connectivity index (χ1) is 18.1. The monoisotopic (exact) mass is 608 g/mol. The molecule has 3 atom stereocenters. The van der Waals surface area contributed by atoms with Crippen LogP contribution in [0.1, 0.15) is 42.4 Å². The van der Waals surface area contributed by atoms with Crippen molar-refractivity contribution in [2.45, 2.75) is 66.6 Å². The average molecular weight is 609 g/mol. The Labute approximate surface area is 235 Å². The van der Waals surface area contributed by atoms with Gasteiger partial charge in [-0.3, -0.25) is 9.80 Å². The lowest BCUT2D eigenvalue weighted by Gasteiger charge is -2.50. The molecule has 3 fully saturated rings. The summed E-state index contributed by atoms with van der Waals surface area (Å²) in [6.07, 6.45) is 4.27. The molecule has 2 aliphatic heterocycles. The Bertz CT molecular complexity index is 1100. The van der Waals surface area contributed by atoms with Crippen molar-refractivity contribution in [1.29, 1.82) is 0 Å². The highest BCUT2D eigenvalue weighted by Gasteiger charge is 2.57. The molecule has 2 spiro atoms. The average Bonchev–Trinajstić information content (AvgIpc) is 3.53. The Morgan fingerprint density at radius 3 is 1.81 bits per heavy atom. The van der Waals surface area contributed by atoms with E-state index in [9.17, 15) is 0 Å². The van der Waals surface area contributed by atoms with Crippen molar-refractivity contribution in [3.05, 3.63) is 108 Å². The summed E-state index contributed by atoms with van der Waals surface area (Å²) in [6.45, 7) is 5.48. The molecule has 0 bridgehead atoms. The number of alkyl halides is 1. The fourth-order valence-electron chi connectivity index (χ4n) is 6.73. The molecular weight excluding hydrogens is 571 g/mol. The molecule has 3 aromatic carbocycles. The maximum absolute atomic E-state index is 6.18. The van der Waals surface area contributed by atoms with Gasteiger partial charge in [-0.2, -0.15) is 0 Å². The van der Waals surface area contributed by atoms with E-state index in [4.69, 9.17) is 9.47 Å². The second kappa shape index (κ2) is 11.1. The van der Waals surface area contributed by atoms with Gasteiger partial charge in [0, 0.05) is 54.5 Å². The highest BCUT2D eigenvalue weighted by Crippen LogP contribution is 2.52. The van der Waals surface area contributed by atoms with E-state index in [0.29, 0.717) is 9.97 Å². The van der Waals surface area contributed by atoms with Gasteiger partial charge in [0.05, 0.1) is 13.2 Å². The van der Waals surface area contributed by atoms with Crippen LogP contribution in [-0.4, -0.2) is 50.9 Å². The smallest absolute Gasteiger partial charge is 0.169 e. The van der Waals surface area contributed by atoms with Crippen molar-refractivity contribution in [3.8, 4) is 0 Å². The largest absolute Gasteiger partial charge is 0.347 e. The predicted molar refractivity (Wildman–Crippen MR) is 156 cm³/mol. The van der Waals surface area contributed by atoms with Crippen LogP contribution >= 0.6 is 22.6 Å². The molecule has 4 nitrogen and oxygen atoms in total. The molecule has 2 saturated heterocycles. The maximum Gasteiger partial charge on any atom is 0.169 e. The molecule has 37 heavy (non-hydrogen) atoms. The summed E-state index contributed by atoms with van der Waals surface area (Å²) in [5, 5.41) is 0. The zero-order valence-electron chi connectivity index (χ0n) is 21.5. The minimum Gasteiger partial charge on any atom is -0.347 e. The number of hydrogen-bond donors (Lipinski definition) is 0. The highest BCUT2D eigenvalue weighted by atomic mass is 127. The normalized spacial score (nSPS) is 27.4. The van der Waals surface area contributed by atoms with Crippen LogP contribution in [0.5, 0.6) is 0 Å². The summed E-state index contributed by atoms with van der Waals surface area (Å²) in [5.74, 6) is -0.360. The first kappa shape index (κ1) is 25.5. The van der Waals surface area contributed by atoms with E-state index in [2.05, 4.69) is 123 Å². The Morgan fingerprint density at radius 1 is 0.730 bits per heavy atom. The van der Waals surface area contributed by atoms with Gasteiger partial charge in [-0.1, -0.05) is 114 Å². The van der Waals surface area contributed by atoms with Crippen LogP contribution in [0.3, 0.4) is 0 Å². The van der Waals surface area contributed by atoms with Gasteiger partial charge in [0.25, 0.3) is 0 Å². The number of benzene rings is 3. The number of rotatable bonds is 7. The summed E-state index contributed by atoms with van der Waals surface area (Å²) < 4.78 is 12.8. The van der Waals surface area contributed by atoms with E-state index in [-0.39, 0.29) is 11.3 Å². The first-order valence-electron chi connectivity index (χ1n) is 13.7. The lowest BCUT2D eigenvalue weighted by atomic mass is 9.76. The fraction of sp³-hybridized carbons (Fsp3) is 0.438. The van der Waals surface area contributed by atoms with E-state index in [1.807, 2.05) is 0 Å². The Hall–Kier alpha value is -1.77. The zero-order valence-corrected chi connectivity index (χ0v) is 23.6. The van der Waals surface area contributed by atoms with E-state index in [1.165, 1.54) is 23.1 Å². The Morgan fingerprint density at radius 2 is 1.27 bits per heavy atom. The molecule has 3 aliphatic rings. The molecule has 1 aliphatic carbocycles. The SMILES string of the molecule is I[C@H]1CC2(CC[C@@]13CC(N(Cc1ccccc1)Cc1ccccc1)CN3Cc1ccccc1)OCCO2. The van der Waals surface area contributed by atoms with Crippen LogP contribution in [0.15, 0.2) is 91.0 Å². The molecule has 3 aromatic rings.